The molecule has 0 radical (unpaired) electrons. The van der Waals surface area contributed by atoms with E-state index >= 15 is 0 Å². The number of allylic oxidation sites excluding steroid dienone is 5. The molecule has 0 amide bonds. The predicted octanol–water partition coefficient (Wildman–Crippen LogP) is 9.89. The standard InChI is InChI=1S/C18H30S6/c1-2-4-6-8-10-12-14-16-18-20-22-24-23-21-19-17-15-13-11-9-7-5-3-1/h7,9,11,13,15,17H,1-6,8,10,12,14,16,18H2/b9-7+,13-11+,17-15-. The summed E-state index contributed by atoms with van der Waals surface area (Å²) in [6.07, 6.45) is 26.2. The Balaban J connectivity index is 2.15. The lowest BCUT2D eigenvalue weighted by molar-refractivity contribution is 0.558. The molecule has 0 unspecified atom stereocenters. The largest absolute Gasteiger partial charge is 0.0845 e. The molecule has 0 aromatic heterocycles. The van der Waals surface area contributed by atoms with Crippen LogP contribution in [-0.4, -0.2) is 5.75 Å². The van der Waals surface area contributed by atoms with Crippen molar-refractivity contribution in [1.29, 1.82) is 0 Å². The van der Waals surface area contributed by atoms with Gasteiger partial charge < -0.3 is 0 Å². The van der Waals surface area contributed by atoms with Gasteiger partial charge in [-0.15, -0.1) is 0 Å². The summed E-state index contributed by atoms with van der Waals surface area (Å²) in [4.78, 5) is 0. The zero-order valence-corrected chi connectivity index (χ0v) is 19.3. The van der Waals surface area contributed by atoms with Gasteiger partial charge in [0, 0.05) is 5.75 Å². The lowest BCUT2D eigenvalue weighted by Gasteiger charge is -2.02. The van der Waals surface area contributed by atoms with E-state index in [9.17, 15) is 0 Å². The van der Waals surface area contributed by atoms with E-state index in [-0.39, 0.29) is 0 Å². The highest BCUT2D eigenvalue weighted by atomic mass is 33.9. The van der Waals surface area contributed by atoms with Gasteiger partial charge in [-0.25, -0.2) is 0 Å². The second kappa shape index (κ2) is 20.6. The zero-order valence-electron chi connectivity index (χ0n) is 14.4. The summed E-state index contributed by atoms with van der Waals surface area (Å²) < 4.78 is 0. The molecule has 138 valence electrons. The van der Waals surface area contributed by atoms with Crippen molar-refractivity contribution in [1.82, 2.24) is 0 Å². The van der Waals surface area contributed by atoms with Crippen LogP contribution in [0.1, 0.15) is 70.6 Å². The third-order valence-corrected chi connectivity index (χ3v) is 14.1. The smallest absolute Gasteiger partial charge is 0.00454 e. The monoisotopic (exact) mass is 438 g/mol. The average molecular weight is 439 g/mol. The normalized spacial score (nSPS) is 26.0. The van der Waals surface area contributed by atoms with Crippen molar-refractivity contribution in [2.75, 3.05) is 5.75 Å². The maximum absolute atomic E-state index is 2.30. The molecule has 0 saturated carbocycles. The molecule has 24 heavy (non-hydrogen) atoms. The minimum absolute atomic E-state index is 1.22. The van der Waals surface area contributed by atoms with Crippen LogP contribution < -0.4 is 0 Å². The van der Waals surface area contributed by atoms with Gasteiger partial charge in [0.1, 0.15) is 0 Å². The van der Waals surface area contributed by atoms with Crippen LogP contribution in [0.3, 0.4) is 0 Å². The van der Waals surface area contributed by atoms with Crippen LogP contribution in [0.2, 0.25) is 0 Å². The van der Waals surface area contributed by atoms with Gasteiger partial charge in [0.15, 0.2) is 0 Å². The first-order chi connectivity index (χ1) is 12.0. The molecule has 1 aliphatic rings. The molecule has 1 heterocycles. The van der Waals surface area contributed by atoms with Crippen molar-refractivity contribution in [3.05, 3.63) is 35.8 Å². The summed E-state index contributed by atoms with van der Waals surface area (Å²) in [6.45, 7) is 0. The lowest BCUT2D eigenvalue weighted by Crippen LogP contribution is -1.83. The van der Waals surface area contributed by atoms with Gasteiger partial charge in [0.2, 0.25) is 0 Å². The summed E-state index contributed by atoms with van der Waals surface area (Å²) in [7, 11) is 11.3. The molecule has 6 heteroatoms. The highest BCUT2D eigenvalue weighted by Crippen LogP contribution is 2.52. The van der Waals surface area contributed by atoms with E-state index in [1.807, 2.05) is 50.1 Å². The van der Waals surface area contributed by atoms with Crippen LogP contribution in [-0.2, 0) is 0 Å². The van der Waals surface area contributed by atoms with E-state index < -0.39 is 0 Å². The van der Waals surface area contributed by atoms with Gasteiger partial charge in [0.25, 0.3) is 0 Å². The Morgan fingerprint density at radius 1 is 0.500 bits per heavy atom. The van der Waals surface area contributed by atoms with E-state index in [2.05, 4.69) is 35.8 Å². The van der Waals surface area contributed by atoms with Crippen LogP contribution in [0.4, 0.5) is 0 Å². The van der Waals surface area contributed by atoms with E-state index in [4.69, 9.17) is 0 Å². The molecule has 0 spiro atoms. The highest BCUT2D eigenvalue weighted by molar-refractivity contribution is 9.42. The van der Waals surface area contributed by atoms with Crippen LogP contribution in [0.5, 0.6) is 0 Å². The Hall–Kier alpha value is 1.32. The minimum Gasteiger partial charge on any atom is -0.0845 e. The Labute approximate surface area is 172 Å². The second-order valence-corrected chi connectivity index (χ2v) is 15.1. The molecule has 0 saturated heterocycles. The van der Waals surface area contributed by atoms with Gasteiger partial charge in [-0.2, -0.15) is 0 Å². The van der Waals surface area contributed by atoms with Gasteiger partial charge in [0.05, 0.1) is 0 Å². The Bertz CT molecular complexity index is 308. The summed E-state index contributed by atoms with van der Waals surface area (Å²) >= 11 is 0. The zero-order chi connectivity index (χ0) is 17.0. The van der Waals surface area contributed by atoms with Crippen molar-refractivity contribution in [3.8, 4) is 0 Å². The lowest BCUT2D eigenvalue weighted by atomic mass is 10.1. The van der Waals surface area contributed by atoms with E-state index in [0.717, 1.165) is 0 Å². The molecule has 1 rings (SSSR count). The molecule has 1 aliphatic heterocycles. The van der Waals surface area contributed by atoms with Crippen molar-refractivity contribution in [2.24, 2.45) is 0 Å². The summed E-state index contributed by atoms with van der Waals surface area (Å²) in [5.41, 5.74) is 0. The van der Waals surface area contributed by atoms with Crippen LogP contribution >= 0.6 is 60.9 Å². The summed E-state index contributed by atoms with van der Waals surface area (Å²) in [6, 6.07) is 0. The number of rotatable bonds is 0. The Morgan fingerprint density at radius 2 is 1.12 bits per heavy atom. The third-order valence-electron chi connectivity index (χ3n) is 3.62. The third kappa shape index (κ3) is 18.1. The first-order valence-electron chi connectivity index (χ1n) is 8.93. The Kier molecular flexibility index (Phi) is 20.1. The maximum Gasteiger partial charge on any atom is 0.00454 e. The van der Waals surface area contributed by atoms with Crippen molar-refractivity contribution >= 4 is 60.9 Å². The summed E-state index contributed by atoms with van der Waals surface area (Å²) in [5, 5.41) is 2.15. The average Bonchev–Trinajstić information content (AvgIpc) is 2.59. The van der Waals surface area contributed by atoms with Crippen molar-refractivity contribution < 1.29 is 0 Å². The minimum atomic E-state index is 1.22. The molecular formula is C18H30S6. The van der Waals surface area contributed by atoms with Crippen molar-refractivity contribution in [2.45, 2.75) is 70.6 Å². The number of hydrogen-bond donors (Lipinski definition) is 0. The van der Waals surface area contributed by atoms with Crippen molar-refractivity contribution in [3.63, 3.8) is 0 Å². The van der Waals surface area contributed by atoms with E-state index in [0.29, 0.717) is 0 Å². The van der Waals surface area contributed by atoms with Gasteiger partial charge in [-0.05, 0) is 64.0 Å². The molecule has 0 aromatic carbocycles. The van der Waals surface area contributed by atoms with Crippen LogP contribution in [0, 0.1) is 0 Å². The van der Waals surface area contributed by atoms with Gasteiger partial charge >= 0.3 is 0 Å². The molecule has 0 aromatic rings. The fraction of sp³-hybridized carbons (Fsp3) is 0.667. The SMILES string of the molecule is C1=C\SSSSSSCCCCCCCCCCCC/C=C/C=C/1. The van der Waals surface area contributed by atoms with Gasteiger partial charge in [-0.3, -0.25) is 0 Å². The van der Waals surface area contributed by atoms with Crippen LogP contribution in [0.15, 0.2) is 35.8 Å². The Morgan fingerprint density at radius 3 is 1.92 bits per heavy atom. The van der Waals surface area contributed by atoms with Gasteiger partial charge in [-0.1, -0.05) is 103 Å². The van der Waals surface area contributed by atoms with Crippen LogP contribution in [0.25, 0.3) is 0 Å². The first kappa shape index (κ1) is 23.4. The predicted molar refractivity (Wildman–Crippen MR) is 129 cm³/mol. The molecule has 0 fully saturated rings. The summed E-state index contributed by atoms with van der Waals surface area (Å²) in [5.74, 6) is 1.30. The molecule has 0 aliphatic carbocycles. The fourth-order valence-electron chi connectivity index (χ4n) is 2.33. The molecule has 0 N–H and O–H groups in total. The quantitative estimate of drug-likeness (QED) is 0.342. The fourth-order valence-corrected chi connectivity index (χ4v) is 13.2. The molecule has 0 bridgehead atoms. The molecule has 0 nitrogen and oxygen atoms in total. The number of hydrogen-bond acceptors (Lipinski definition) is 6. The molecular weight excluding hydrogens is 409 g/mol. The highest BCUT2D eigenvalue weighted by Gasteiger charge is 1.96. The van der Waals surface area contributed by atoms with E-state index in [1.54, 1.807) is 10.8 Å². The second-order valence-electron chi connectivity index (χ2n) is 5.66. The maximum atomic E-state index is 2.30. The molecule has 0 atom stereocenters. The topological polar surface area (TPSA) is 0 Å². The van der Waals surface area contributed by atoms with E-state index in [1.165, 1.54) is 76.4 Å². The first-order valence-corrected chi connectivity index (χ1v) is 16.6.